The number of carbonyl (C=O) groups excluding carboxylic acids is 1. The topological polar surface area (TPSA) is 101 Å². The van der Waals surface area contributed by atoms with E-state index in [1.54, 1.807) is 0 Å². The molecule has 1 saturated heterocycles. The maximum atomic E-state index is 12.6. The number of morpholine rings is 1. The molecule has 0 unspecified atom stereocenters. The number of anilines is 1. The normalized spacial score (nSPS) is 15.8. The number of carbonyl (C=O) groups is 1. The van der Waals surface area contributed by atoms with E-state index in [0.717, 1.165) is 0 Å². The number of aromatic amines is 1. The highest BCUT2D eigenvalue weighted by molar-refractivity contribution is 7.89. The highest BCUT2D eigenvalue weighted by Gasteiger charge is 2.29. The van der Waals surface area contributed by atoms with E-state index in [0.29, 0.717) is 13.2 Å². The van der Waals surface area contributed by atoms with Crippen LogP contribution >= 0.6 is 0 Å². The van der Waals surface area contributed by atoms with Crippen molar-refractivity contribution in [2.45, 2.75) is 11.1 Å². The van der Waals surface area contributed by atoms with Crippen LogP contribution in [0.15, 0.2) is 41.4 Å². The van der Waals surface area contributed by atoms with Gasteiger partial charge in [-0.05, 0) is 18.2 Å². The van der Waals surface area contributed by atoms with Gasteiger partial charge in [0, 0.05) is 31.0 Å². The molecule has 0 saturated carbocycles. The number of nitrogens with one attached hydrogen (secondary N) is 2. The molecule has 0 radical (unpaired) electrons. The Labute approximate surface area is 164 Å². The first-order valence-corrected chi connectivity index (χ1v) is 9.96. The van der Waals surface area contributed by atoms with Crippen LogP contribution in [-0.4, -0.2) is 62.7 Å². The summed E-state index contributed by atoms with van der Waals surface area (Å²) in [6.07, 6.45) is -3.27. The van der Waals surface area contributed by atoms with Crippen molar-refractivity contribution in [2.24, 2.45) is 0 Å². The van der Waals surface area contributed by atoms with Crippen LogP contribution in [0.4, 0.5) is 18.9 Å². The first-order valence-electron chi connectivity index (χ1n) is 8.52. The highest BCUT2D eigenvalue weighted by atomic mass is 32.2. The average Bonchev–Trinajstić information content (AvgIpc) is 3.18. The molecular formula is C17H18F3N3O5S. The molecule has 158 valence electrons. The molecule has 1 fully saturated rings. The van der Waals surface area contributed by atoms with Gasteiger partial charge in [0.2, 0.25) is 10.0 Å². The molecule has 0 spiro atoms. The van der Waals surface area contributed by atoms with E-state index in [4.69, 9.17) is 4.74 Å². The number of rotatable bonds is 6. The predicted octanol–water partition coefficient (Wildman–Crippen LogP) is 2.23. The third-order valence-electron chi connectivity index (χ3n) is 4.00. The Balaban J connectivity index is 1.68. The molecule has 0 atom stereocenters. The lowest BCUT2D eigenvalue weighted by molar-refractivity contribution is -0.153. The van der Waals surface area contributed by atoms with Gasteiger partial charge in [-0.3, -0.25) is 4.79 Å². The van der Waals surface area contributed by atoms with Gasteiger partial charge in [0.1, 0.15) is 16.3 Å². The Hall–Kier alpha value is -2.57. The van der Waals surface area contributed by atoms with Gasteiger partial charge in [-0.2, -0.15) is 17.5 Å². The molecule has 2 heterocycles. The molecule has 1 aromatic heterocycles. The highest BCUT2D eigenvalue weighted by Crippen LogP contribution is 2.22. The molecule has 1 aliphatic heterocycles. The zero-order valence-electron chi connectivity index (χ0n) is 15.0. The molecule has 2 N–H and O–H groups in total. The van der Waals surface area contributed by atoms with Gasteiger partial charge in [-0.1, -0.05) is 6.07 Å². The van der Waals surface area contributed by atoms with Crippen LogP contribution in [0.2, 0.25) is 0 Å². The van der Waals surface area contributed by atoms with Crippen LogP contribution in [0, 0.1) is 0 Å². The van der Waals surface area contributed by atoms with Crippen molar-refractivity contribution in [3.8, 4) is 5.75 Å². The van der Waals surface area contributed by atoms with Crippen molar-refractivity contribution in [3.63, 3.8) is 0 Å². The second-order valence-electron chi connectivity index (χ2n) is 6.15. The van der Waals surface area contributed by atoms with Crippen LogP contribution < -0.4 is 10.1 Å². The Morgan fingerprint density at radius 1 is 1.24 bits per heavy atom. The number of hydrogen-bond acceptors (Lipinski definition) is 5. The van der Waals surface area contributed by atoms with Gasteiger partial charge in [-0.15, -0.1) is 0 Å². The van der Waals surface area contributed by atoms with Crippen molar-refractivity contribution < 1.29 is 35.9 Å². The standard InChI is InChI=1S/C17H18F3N3O5S/c18-17(19,20)11-28-13-3-1-2-12(8-13)22-16(24)15-9-14(10-21-15)29(25,26)23-4-6-27-7-5-23/h1-3,8-10,21H,4-7,11H2,(H,22,24). The molecular weight excluding hydrogens is 415 g/mol. The monoisotopic (exact) mass is 433 g/mol. The van der Waals surface area contributed by atoms with Crippen molar-refractivity contribution in [1.29, 1.82) is 0 Å². The summed E-state index contributed by atoms with van der Waals surface area (Å²) in [6.45, 7) is -0.420. The number of sulfonamides is 1. The smallest absolute Gasteiger partial charge is 0.422 e. The number of ether oxygens (including phenoxy) is 2. The lowest BCUT2D eigenvalue weighted by atomic mass is 10.3. The summed E-state index contributed by atoms with van der Waals surface area (Å²) in [5.74, 6) is -0.719. The number of hydrogen-bond donors (Lipinski definition) is 2. The minimum atomic E-state index is -4.48. The van der Waals surface area contributed by atoms with Gasteiger partial charge in [-0.25, -0.2) is 8.42 Å². The maximum Gasteiger partial charge on any atom is 0.422 e. The number of halogens is 3. The Bertz CT molecular complexity index is 969. The fraction of sp³-hybridized carbons (Fsp3) is 0.353. The summed E-state index contributed by atoms with van der Waals surface area (Å²) in [6, 6.07) is 6.64. The van der Waals surface area contributed by atoms with Gasteiger partial charge in [0.25, 0.3) is 5.91 Å². The maximum absolute atomic E-state index is 12.6. The van der Waals surface area contributed by atoms with Gasteiger partial charge in [0.15, 0.2) is 6.61 Å². The van der Waals surface area contributed by atoms with Crippen LogP contribution in [-0.2, 0) is 14.8 Å². The third-order valence-corrected chi connectivity index (χ3v) is 5.88. The molecule has 3 rings (SSSR count). The largest absolute Gasteiger partial charge is 0.484 e. The zero-order valence-corrected chi connectivity index (χ0v) is 15.8. The van der Waals surface area contributed by atoms with E-state index >= 15 is 0 Å². The van der Waals surface area contributed by atoms with E-state index < -0.39 is 28.7 Å². The van der Waals surface area contributed by atoms with Gasteiger partial charge < -0.3 is 19.8 Å². The van der Waals surface area contributed by atoms with Crippen LogP contribution in [0.1, 0.15) is 10.5 Å². The lowest BCUT2D eigenvalue weighted by Crippen LogP contribution is -2.40. The lowest BCUT2D eigenvalue weighted by Gasteiger charge is -2.25. The molecule has 1 amide bonds. The zero-order chi connectivity index (χ0) is 21.1. The molecule has 29 heavy (non-hydrogen) atoms. The summed E-state index contributed by atoms with van der Waals surface area (Å²) < 4.78 is 73.0. The molecule has 0 bridgehead atoms. The van der Waals surface area contributed by atoms with E-state index in [9.17, 15) is 26.4 Å². The van der Waals surface area contributed by atoms with Crippen LogP contribution in [0.25, 0.3) is 0 Å². The summed E-state index contributed by atoms with van der Waals surface area (Å²) in [4.78, 5) is 14.9. The molecule has 0 aliphatic carbocycles. The van der Waals surface area contributed by atoms with E-state index in [2.05, 4.69) is 15.0 Å². The minimum absolute atomic E-state index is 0.0153. The van der Waals surface area contributed by atoms with E-state index in [1.807, 2.05) is 0 Å². The summed E-state index contributed by atoms with van der Waals surface area (Å²) in [7, 11) is -3.76. The van der Waals surface area contributed by atoms with Crippen molar-refractivity contribution in [1.82, 2.24) is 9.29 Å². The van der Waals surface area contributed by atoms with E-state index in [1.165, 1.54) is 40.8 Å². The van der Waals surface area contributed by atoms with Gasteiger partial charge in [0.05, 0.1) is 13.2 Å². The second-order valence-corrected chi connectivity index (χ2v) is 8.09. The summed E-state index contributed by atoms with van der Waals surface area (Å²) in [5.41, 5.74) is 0.181. The predicted molar refractivity (Wildman–Crippen MR) is 96.3 cm³/mol. The first-order chi connectivity index (χ1) is 13.6. The first kappa shape index (κ1) is 21.1. The number of amides is 1. The fourth-order valence-electron chi connectivity index (χ4n) is 2.62. The van der Waals surface area contributed by atoms with E-state index in [-0.39, 0.29) is 35.1 Å². The number of aromatic nitrogens is 1. The Kier molecular flexibility index (Phi) is 6.15. The number of alkyl halides is 3. The minimum Gasteiger partial charge on any atom is -0.484 e. The molecule has 2 aromatic rings. The number of nitrogens with zero attached hydrogens (tertiary/aromatic N) is 1. The second kappa shape index (κ2) is 8.43. The van der Waals surface area contributed by atoms with Crippen molar-refractivity contribution in [2.75, 3.05) is 38.2 Å². The molecule has 12 heteroatoms. The molecule has 8 nitrogen and oxygen atoms in total. The Morgan fingerprint density at radius 3 is 2.66 bits per heavy atom. The van der Waals surface area contributed by atoms with Crippen molar-refractivity contribution >= 4 is 21.6 Å². The average molecular weight is 433 g/mol. The Morgan fingerprint density at radius 2 is 1.97 bits per heavy atom. The summed E-state index contributed by atoms with van der Waals surface area (Å²) in [5, 5.41) is 2.48. The summed E-state index contributed by atoms with van der Waals surface area (Å²) >= 11 is 0. The number of benzene rings is 1. The van der Waals surface area contributed by atoms with Gasteiger partial charge >= 0.3 is 6.18 Å². The molecule has 1 aliphatic rings. The van der Waals surface area contributed by atoms with Crippen LogP contribution in [0.3, 0.4) is 0 Å². The third kappa shape index (κ3) is 5.49. The SMILES string of the molecule is O=C(Nc1cccc(OCC(F)(F)F)c1)c1cc(S(=O)(=O)N2CCOCC2)c[nH]1. The fourth-order valence-corrected chi connectivity index (χ4v) is 4.02. The molecule has 1 aromatic carbocycles. The number of H-pyrrole nitrogens is 1. The van der Waals surface area contributed by atoms with Crippen LogP contribution in [0.5, 0.6) is 5.75 Å². The quantitative estimate of drug-likeness (QED) is 0.728. The van der Waals surface area contributed by atoms with Crippen molar-refractivity contribution in [3.05, 3.63) is 42.2 Å².